The van der Waals surface area contributed by atoms with Gasteiger partial charge in [0.05, 0.1) is 12.2 Å². The number of ether oxygens (including phenoxy) is 1. The highest BCUT2D eigenvalue weighted by Crippen LogP contribution is 2.28. The molecule has 0 aliphatic carbocycles. The maximum absolute atomic E-state index is 13.1. The Hall–Kier alpha value is -3.08. The molecule has 1 aromatic heterocycles. The Morgan fingerprint density at radius 2 is 1.76 bits per heavy atom. The molecule has 0 bridgehead atoms. The van der Waals surface area contributed by atoms with Crippen LogP contribution < -0.4 is 5.32 Å². The average molecular weight is 392 g/mol. The molecular weight excluding hydrogens is 364 g/mol. The summed E-state index contributed by atoms with van der Waals surface area (Å²) < 4.78 is 7.19. The van der Waals surface area contributed by atoms with E-state index in [-0.39, 0.29) is 11.9 Å². The highest BCUT2D eigenvalue weighted by atomic mass is 16.5. The standard InChI is InChI=1S/C24H28N2O3/c1-5-14-29-24(28)18-9-11-19(12-10-18)25-23(27)22-16(4)20-15-17(6-2)8-13-21(20)26(22)7-3/h8-13,15H,5-7,14H2,1-4H3,(H,25,27). The molecule has 2 aromatic carbocycles. The van der Waals surface area contributed by atoms with Gasteiger partial charge in [0.25, 0.3) is 5.91 Å². The van der Waals surface area contributed by atoms with Gasteiger partial charge in [0.1, 0.15) is 5.69 Å². The number of aryl methyl sites for hydroxylation is 3. The molecule has 1 heterocycles. The third-order valence-corrected chi connectivity index (χ3v) is 5.14. The van der Waals surface area contributed by atoms with Crippen molar-refractivity contribution in [1.82, 2.24) is 4.57 Å². The van der Waals surface area contributed by atoms with E-state index < -0.39 is 0 Å². The zero-order chi connectivity index (χ0) is 21.0. The molecular formula is C24H28N2O3. The SMILES string of the molecule is CCCOC(=O)c1ccc(NC(=O)c2c(C)c3cc(CC)ccc3n2CC)cc1. The van der Waals surface area contributed by atoms with E-state index in [9.17, 15) is 9.59 Å². The molecule has 0 saturated carbocycles. The third-order valence-electron chi connectivity index (χ3n) is 5.14. The lowest BCUT2D eigenvalue weighted by Gasteiger charge is -2.10. The fourth-order valence-corrected chi connectivity index (χ4v) is 3.57. The molecule has 0 aliphatic heterocycles. The minimum absolute atomic E-state index is 0.153. The lowest BCUT2D eigenvalue weighted by atomic mass is 10.1. The van der Waals surface area contributed by atoms with E-state index in [1.165, 1.54) is 5.56 Å². The van der Waals surface area contributed by atoms with Crippen molar-refractivity contribution in [2.24, 2.45) is 0 Å². The van der Waals surface area contributed by atoms with Crippen molar-refractivity contribution in [3.63, 3.8) is 0 Å². The minimum atomic E-state index is -0.349. The molecule has 0 radical (unpaired) electrons. The molecule has 29 heavy (non-hydrogen) atoms. The van der Waals surface area contributed by atoms with Crippen molar-refractivity contribution in [1.29, 1.82) is 0 Å². The number of rotatable bonds is 7. The summed E-state index contributed by atoms with van der Waals surface area (Å²) in [5, 5.41) is 4.08. The van der Waals surface area contributed by atoms with Gasteiger partial charge in [-0.25, -0.2) is 4.79 Å². The number of amides is 1. The van der Waals surface area contributed by atoms with Crippen molar-refractivity contribution < 1.29 is 14.3 Å². The van der Waals surface area contributed by atoms with E-state index in [1.807, 2.05) is 20.8 Å². The molecule has 5 heteroatoms. The van der Waals surface area contributed by atoms with Crippen LogP contribution in [0.4, 0.5) is 5.69 Å². The van der Waals surface area contributed by atoms with Crippen LogP contribution in [-0.4, -0.2) is 23.1 Å². The third kappa shape index (κ3) is 4.19. The van der Waals surface area contributed by atoms with Gasteiger partial charge in [-0.3, -0.25) is 4.79 Å². The minimum Gasteiger partial charge on any atom is -0.462 e. The summed E-state index contributed by atoms with van der Waals surface area (Å²) in [5.41, 5.74) is 5.09. The van der Waals surface area contributed by atoms with Gasteiger partial charge in [0.2, 0.25) is 0 Å². The van der Waals surface area contributed by atoms with E-state index >= 15 is 0 Å². The second kappa shape index (κ2) is 8.95. The zero-order valence-electron chi connectivity index (χ0n) is 17.5. The number of anilines is 1. The fourth-order valence-electron chi connectivity index (χ4n) is 3.57. The first-order valence-electron chi connectivity index (χ1n) is 10.2. The van der Waals surface area contributed by atoms with Crippen molar-refractivity contribution in [2.75, 3.05) is 11.9 Å². The predicted molar refractivity (Wildman–Crippen MR) is 117 cm³/mol. The predicted octanol–water partition coefficient (Wildman–Crippen LogP) is 5.35. The summed E-state index contributed by atoms with van der Waals surface area (Å²) in [6.07, 6.45) is 1.74. The second-order valence-corrected chi connectivity index (χ2v) is 7.09. The van der Waals surface area contributed by atoms with Gasteiger partial charge < -0.3 is 14.6 Å². The van der Waals surface area contributed by atoms with E-state index in [0.29, 0.717) is 30.1 Å². The van der Waals surface area contributed by atoms with Gasteiger partial charge >= 0.3 is 5.97 Å². The molecule has 0 spiro atoms. The van der Waals surface area contributed by atoms with Crippen LogP contribution in [0, 0.1) is 6.92 Å². The van der Waals surface area contributed by atoms with E-state index in [4.69, 9.17) is 4.74 Å². The number of hydrogen-bond donors (Lipinski definition) is 1. The van der Waals surface area contributed by atoms with Crippen LogP contribution in [0.1, 0.15) is 59.2 Å². The largest absolute Gasteiger partial charge is 0.462 e. The van der Waals surface area contributed by atoms with Crippen molar-refractivity contribution in [3.8, 4) is 0 Å². The number of carbonyl (C=O) groups excluding carboxylic acids is 2. The number of esters is 1. The van der Waals surface area contributed by atoms with Crippen LogP contribution >= 0.6 is 0 Å². The molecule has 0 fully saturated rings. The molecule has 5 nitrogen and oxygen atoms in total. The first-order chi connectivity index (χ1) is 14.0. The number of nitrogens with zero attached hydrogens (tertiary/aromatic N) is 1. The Morgan fingerprint density at radius 1 is 1.03 bits per heavy atom. The normalized spacial score (nSPS) is 10.9. The molecule has 0 aliphatic rings. The lowest BCUT2D eigenvalue weighted by molar-refractivity contribution is 0.0505. The summed E-state index contributed by atoms with van der Waals surface area (Å²) in [6.45, 7) is 9.23. The maximum Gasteiger partial charge on any atom is 0.338 e. The van der Waals surface area contributed by atoms with Gasteiger partial charge in [-0.1, -0.05) is 19.9 Å². The number of nitrogens with one attached hydrogen (secondary N) is 1. The van der Waals surface area contributed by atoms with Crippen molar-refractivity contribution in [3.05, 3.63) is 64.8 Å². The van der Waals surface area contributed by atoms with Crippen LogP contribution in [0.25, 0.3) is 10.9 Å². The summed E-state index contributed by atoms with van der Waals surface area (Å²) in [6, 6.07) is 13.2. The smallest absolute Gasteiger partial charge is 0.338 e. The fraction of sp³-hybridized carbons (Fsp3) is 0.333. The number of hydrogen-bond acceptors (Lipinski definition) is 3. The second-order valence-electron chi connectivity index (χ2n) is 7.09. The summed E-state index contributed by atoms with van der Waals surface area (Å²) in [7, 11) is 0. The van der Waals surface area contributed by atoms with Crippen LogP contribution in [0.5, 0.6) is 0 Å². The summed E-state index contributed by atoms with van der Waals surface area (Å²) in [5.74, 6) is -0.502. The van der Waals surface area contributed by atoms with Crippen LogP contribution in [0.2, 0.25) is 0 Å². The number of fused-ring (bicyclic) bond motifs is 1. The Morgan fingerprint density at radius 3 is 2.38 bits per heavy atom. The van der Waals surface area contributed by atoms with E-state index in [1.54, 1.807) is 24.3 Å². The molecule has 3 rings (SSSR count). The zero-order valence-corrected chi connectivity index (χ0v) is 17.5. The Labute approximate surface area is 171 Å². The number of carbonyl (C=O) groups is 2. The molecule has 0 atom stereocenters. The quantitative estimate of drug-likeness (QED) is 0.551. The van der Waals surface area contributed by atoms with Gasteiger partial charge in [-0.15, -0.1) is 0 Å². The maximum atomic E-state index is 13.1. The van der Waals surface area contributed by atoms with Gasteiger partial charge in [0.15, 0.2) is 0 Å². The van der Waals surface area contributed by atoms with Crippen molar-refractivity contribution >= 4 is 28.5 Å². The van der Waals surface area contributed by atoms with E-state index in [0.717, 1.165) is 29.3 Å². The van der Waals surface area contributed by atoms with E-state index in [2.05, 4.69) is 35.0 Å². The van der Waals surface area contributed by atoms with Crippen LogP contribution in [0.15, 0.2) is 42.5 Å². The topological polar surface area (TPSA) is 60.3 Å². The lowest BCUT2D eigenvalue weighted by Crippen LogP contribution is -2.18. The first-order valence-corrected chi connectivity index (χ1v) is 10.2. The summed E-state index contributed by atoms with van der Waals surface area (Å²) >= 11 is 0. The molecule has 0 unspecified atom stereocenters. The molecule has 1 amide bonds. The number of aromatic nitrogens is 1. The summed E-state index contributed by atoms with van der Waals surface area (Å²) in [4.78, 5) is 25.0. The van der Waals surface area contributed by atoms with Gasteiger partial charge in [-0.2, -0.15) is 0 Å². The van der Waals surface area contributed by atoms with Gasteiger partial charge in [0, 0.05) is 23.1 Å². The van der Waals surface area contributed by atoms with Crippen LogP contribution in [-0.2, 0) is 17.7 Å². The molecule has 3 aromatic rings. The first kappa shape index (κ1) is 20.6. The van der Waals surface area contributed by atoms with Crippen LogP contribution in [0.3, 0.4) is 0 Å². The Bertz CT molecular complexity index is 1030. The number of benzene rings is 2. The molecule has 1 N–H and O–H groups in total. The molecule has 0 saturated heterocycles. The monoisotopic (exact) mass is 392 g/mol. The average Bonchev–Trinajstić information content (AvgIpc) is 3.03. The Kier molecular flexibility index (Phi) is 6.37. The van der Waals surface area contributed by atoms with Crippen molar-refractivity contribution in [2.45, 2.75) is 47.1 Å². The highest BCUT2D eigenvalue weighted by molar-refractivity contribution is 6.08. The molecule has 152 valence electrons. The highest BCUT2D eigenvalue weighted by Gasteiger charge is 2.20. The van der Waals surface area contributed by atoms with Gasteiger partial charge in [-0.05, 0) is 74.2 Å². The Balaban J connectivity index is 1.86.